The number of ether oxygens (including phenoxy) is 1. The largest absolute Gasteiger partial charge is 0.496 e. The Morgan fingerprint density at radius 3 is 2.52 bits per heavy atom. The molecule has 1 aliphatic rings. The van der Waals surface area contributed by atoms with E-state index >= 15 is 0 Å². The Morgan fingerprint density at radius 1 is 1.17 bits per heavy atom. The van der Waals surface area contributed by atoms with Gasteiger partial charge < -0.3 is 19.9 Å². The second-order valence-corrected chi connectivity index (χ2v) is 6.89. The molecule has 1 fully saturated rings. The minimum Gasteiger partial charge on any atom is -0.496 e. The Balaban J connectivity index is 1.55. The third-order valence-corrected chi connectivity index (χ3v) is 4.99. The number of rotatable bonds is 5. The van der Waals surface area contributed by atoms with E-state index in [4.69, 9.17) is 16.3 Å². The number of nitrogens with one attached hydrogen (secondary N) is 2. The molecule has 0 unspecified atom stereocenters. The number of benzene rings is 2. The number of aromatic nitrogens is 1. The number of amides is 3. The number of nitrogens with zero attached hydrogens (tertiary/aromatic N) is 2. The lowest BCUT2D eigenvalue weighted by Crippen LogP contribution is -2.27. The number of urea groups is 1. The van der Waals surface area contributed by atoms with Crippen molar-refractivity contribution in [2.75, 3.05) is 30.4 Å². The molecule has 0 spiro atoms. The number of anilines is 2. The highest BCUT2D eigenvalue weighted by molar-refractivity contribution is 6.33. The first kappa shape index (κ1) is 18.9. The van der Waals surface area contributed by atoms with E-state index in [0.29, 0.717) is 35.1 Å². The molecule has 3 amide bonds. The standard InChI is InChI=1S/C21H19ClN4O3/c1-29-19-13-18(25-9-2-3-10-25)17(22)12-16(19)20(27)24-14-4-6-15(7-5-14)26-11-8-23-21(26)28/h2-7,9-10,12-13H,8,11H2,1H3,(H,23,28)(H,24,27). The molecule has 1 aliphatic heterocycles. The highest BCUT2D eigenvalue weighted by Gasteiger charge is 2.21. The lowest BCUT2D eigenvalue weighted by atomic mass is 10.1. The van der Waals surface area contributed by atoms with Crippen molar-refractivity contribution in [3.63, 3.8) is 0 Å². The van der Waals surface area contributed by atoms with Crippen molar-refractivity contribution in [3.8, 4) is 11.4 Å². The number of carbonyl (C=O) groups is 2. The Kier molecular flexibility index (Phi) is 5.14. The number of carbonyl (C=O) groups excluding carboxylic acids is 2. The first-order valence-corrected chi connectivity index (χ1v) is 9.42. The van der Waals surface area contributed by atoms with Crippen LogP contribution >= 0.6 is 11.6 Å². The summed E-state index contributed by atoms with van der Waals surface area (Å²) in [5.41, 5.74) is 2.43. The second kappa shape index (κ2) is 7.89. The summed E-state index contributed by atoms with van der Waals surface area (Å²) in [5.74, 6) is 0.0791. The molecule has 3 aromatic rings. The van der Waals surface area contributed by atoms with Crippen molar-refractivity contribution in [2.24, 2.45) is 0 Å². The molecule has 8 heteroatoms. The molecule has 2 N–H and O–H groups in total. The SMILES string of the molecule is COc1cc(-n2cccc2)c(Cl)cc1C(=O)Nc1ccc(N2CCNC2=O)cc1. The molecule has 2 aromatic carbocycles. The van der Waals surface area contributed by atoms with Gasteiger partial charge in [-0.15, -0.1) is 0 Å². The van der Waals surface area contributed by atoms with E-state index in [2.05, 4.69) is 10.6 Å². The van der Waals surface area contributed by atoms with Gasteiger partial charge in [0, 0.05) is 42.9 Å². The molecule has 7 nitrogen and oxygen atoms in total. The van der Waals surface area contributed by atoms with Crippen molar-refractivity contribution in [1.82, 2.24) is 9.88 Å². The first-order valence-electron chi connectivity index (χ1n) is 9.04. The fourth-order valence-corrected chi connectivity index (χ4v) is 3.48. The molecule has 29 heavy (non-hydrogen) atoms. The predicted molar refractivity (Wildman–Crippen MR) is 112 cm³/mol. The summed E-state index contributed by atoms with van der Waals surface area (Å²) < 4.78 is 7.26. The van der Waals surface area contributed by atoms with Crippen molar-refractivity contribution in [3.05, 3.63) is 71.5 Å². The Hall–Kier alpha value is -3.45. The summed E-state index contributed by atoms with van der Waals surface area (Å²) in [4.78, 5) is 26.2. The minimum absolute atomic E-state index is 0.121. The van der Waals surface area contributed by atoms with Crippen molar-refractivity contribution < 1.29 is 14.3 Å². The molecule has 0 atom stereocenters. The molecule has 1 aromatic heterocycles. The van der Waals surface area contributed by atoms with Crippen LogP contribution < -0.4 is 20.3 Å². The predicted octanol–water partition coefficient (Wildman–Crippen LogP) is 3.92. The van der Waals surface area contributed by atoms with Gasteiger partial charge in [-0.3, -0.25) is 9.69 Å². The zero-order chi connectivity index (χ0) is 20.4. The van der Waals surface area contributed by atoms with E-state index in [-0.39, 0.29) is 11.9 Å². The molecular weight excluding hydrogens is 392 g/mol. The third kappa shape index (κ3) is 3.77. The van der Waals surface area contributed by atoms with E-state index in [1.54, 1.807) is 41.3 Å². The van der Waals surface area contributed by atoms with Crippen LogP contribution in [0.15, 0.2) is 60.9 Å². The van der Waals surface area contributed by atoms with Gasteiger partial charge in [0.05, 0.1) is 23.4 Å². The van der Waals surface area contributed by atoms with E-state index in [9.17, 15) is 9.59 Å². The van der Waals surface area contributed by atoms with Gasteiger partial charge in [-0.25, -0.2) is 4.79 Å². The van der Waals surface area contributed by atoms with Gasteiger partial charge in [0.1, 0.15) is 5.75 Å². The summed E-state index contributed by atoms with van der Waals surface area (Å²) in [6, 6.07) is 14.1. The first-order chi connectivity index (χ1) is 14.1. The lowest BCUT2D eigenvalue weighted by Gasteiger charge is -2.16. The van der Waals surface area contributed by atoms with Gasteiger partial charge in [-0.1, -0.05) is 11.6 Å². The van der Waals surface area contributed by atoms with Crippen LogP contribution in [0.2, 0.25) is 5.02 Å². The zero-order valence-corrected chi connectivity index (χ0v) is 16.4. The van der Waals surface area contributed by atoms with Crippen LogP contribution in [0.1, 0.15) is 10.4 Å². The van der Waals surface area contributed by atoms with E-state index < -0.39 is 0 Å². The maximum Gasteiger partial charge on any atom is 0.321 e. The monoisotopic (exact) mass is 410 g/mol. The summed E-state index contributed by atoms with van der Waals surface area (Å²) in [7, 11) is 1.51. The molecule has 0 aliphatic carbocycles. The van der Waals surface area contributed by atoms with Crippen LogP contribution in [0, 0.1) is 0 Å². The number of halogens is 1. The van der Waals surface area contributed by atoms with Gasteiger partial charge in [-0.2, -0.15) is 0 Å². The lowest BCUT2D eigenvalue weighted by molar-refractivity contribution is 0.102. The zero-order valence-electron chi connectivity index (χ0n) is 15.7. The van der Waals surface area contributed by atoms with Gasteiger partial charge >= 0.3 is 6.03 Å². The molecule has 0 radical (unpaired) electrons. The topological polar surface area (TPSA) is 75.6 Å². The molecule has 1 saturated heterocycles. The van der Waals surface area contributed by atoms with Crippen LogP contribution in [0.3, 0.4) is 0 Å². The quantitative estimate of drug-likeness (QED) is 0.669. The average molecular weight is 411 g/mol. The molecule has 2 heterocycles. The summed E-state index contributed by atoms with van der Waals surface area (Å²) in [5, 5.41) is 6.03. The molecule has 0 saturated carbocycles. The van der Waals surface area contributed by atoms with Crippen molar-refractivity contribution in [1.29, 1.82) is 0 Å². The average Bonchev–Trinajstić information content (AvgIpc) is 3.40. The van der Waals surface area contributed by atoms with Gasteiger partial charge in [0.25, 0.3) is 5.91 Å². The van der Waals surface area contributed by atoms with E-state index in [1.165, 1.54) is 7.11 Å². The molecule has 4 rings (SSSR count). The van der Waals surface area contributed by atoms with Crippen LogP contribution in [-0.2, 0) is 0 Å². The Labute approximate surface area is 172 Å². The normalized spacial score (nSPS) is 13.3. The highest BCUT2D eigenvalue weighted by Crippen LogP contribution is 2.30. The molecular formula is C21H19ClN4O3. The fourth-order valence-electron chi connectivity index (χ4n) is 3.22. The number of methoxy groups -OCH3 is 1. The smallest absolute Gasteiger partial charge is 0.321 e. The third-order valence-electron chi connectivity index (χ3n) is 4.69. The van der Waals surface area contributed by atoms with Gasteiger partial charge in [0.15, 0.2) is 0 Å². The van der Waals surface area contributed by atoms with Crippen LogP contribution in [0.25, 0.3) is 5.69 Å². The van der Waals surface area contributed by atoms with E-state index in [0.717, 1.165) is 11.4 Å². The summed E-state index contributed by atoms with van der Waals surface area (Å²) in [6.45, 7) is 1.24. The van der Waals surface area contributed by atoms with Crippen molar-refractivity contribution in [2.45, 2.75) is 0 Å². The molecule has 0 bridgehead atoms. The highest BCUT2D eigenvalue weighted by atomic mass is 35.5. The van der Waals surface area contributed by atoms with Crippen LogP contribution in [0.5, 0.6) is 5.75 Å². The Bertz CT molecular complexity index is 1050. The number of hydrogen-bond donors (Lipinski definition) is 2. The van der Waals surface area contributed by atoms with Gasteiger partial charge in [-0.05, 0) is 42.5 Å². The Morgan fingerprint density at radius 2 is 1.90 bits per heavy atom. The van der Waals surface area contributed by atoms with Crippen LogP contribution in [0.4, 0.5) is 16.2 Å². The summed E-state index contributed by atoms with van der Waals surface area (Å²) in [6.07, 6.45) is 3.73. The maximum absolute atomic E-state index is 12.8. The summed E-state index contributed by atoms with van der Waals surface area (Å²) >= 11 is 6.40. The second-order valence-electron chi connectivity index (χ2n) is 6.48. The van der Waals surface area contributed by atoms with Crippen LogP contribution in [-0.4, -0.2) is 36.7 Å². The number of hydrogen-bond acceptors (Lipinski definition) is 3. The fraction of sp³-hybridized carbons (Fsp3) is 0.143. The van der Waals surface area contributed by atoms with Crippen molar-refractivity contribution >= 4 is 34.9 Å². The van der Waals surface area contributed by atoms with Gasteiger partial charge in [0.2, 0.25) is 0 Å². The molecule has 148 valence electrons. The maximum atomic E-state index is 12.8. The van der Waals surface area contributed by atoms with E-state index in [1.807, 2.05) is 29.1 Å². The minimum atomic E-state index is -0.338.